The third-order valence-corrected chi connectivity index (χ3v) is 3.88. The van der Waals surface area contributed by atoms with Crippen molar-refractivity contribution in [3.8, 4) is 0 Å². The fourth-order valence-electron chi connectivity index (χ4n) is 1.38. The number of nitrogens with zero attached hydrogens (tertiary/aromatic N) is 1. The van der Waals surface area contributed by atoms with Gasteiger partial charge in [0.25, 0.3) is 5.69 Å². The molecule has 0 bridgehead atoms. The van der Waals surface area contributed by atoms with Gasteiger partial charge in [-0.25, -0.2) is 13.1 Å². The van der Waals surface area contributed by atoms with Crippen molar-refractivity contribution in [2.24, 2.45) is 0 Å². The first-order valence-corrected chi connectivity index (χ1v) is 6.71. The fraction of sp³-hybridized carbons (Fsp3) is 0.333. The Labute approximate surface area is 104 Å². The van der Waals surface area contributed by atoms with Crippen LogP contribution < -0.4 is 4.72 Å². The molecule has 1 rings (SSSR count). The van der Waals surface area contributed by atoms with Crippen LogP contribution in [0.25, 0.3) is 0 Å². The molecule has 0 aromatic heterocycles. The lowest BCUT2D eigenvalue weighted by Crippen LogP contribution is -2.27. The van der Waals surface area contributed by atoms with Gasteiger partial charge < -0.3 is 0 Å². The molecule has 0 fully saturated rings. The van der Waals surface area contributed by atoms with Crippen LogP contribution in [0.3, 0.4) is 0 Å². The number of nitrogens with one attached hydrogen (secondary N) is 1. The molecule has 0 spiro atoms. The molecule has 1 aromatic carbocycles. The third kappa shape index (κ3) is 3.15. The standard InChI is InChI=1S/C9H11ClN2O4S/c1-7-3-2-4-8(12(13)14)9(7)17(15,16)11-6-5-10/h2-4,11H,5-6H2,1H3. The molecule has 0 aliphatic carbocycles. The van der Waals surface area contributed by atoms with Crippen molar-refractivity contribution in [1.29, 1.82) is 0 Å². The van der Waals surface area contributed by atoms with Crippen LogP contribution in [0.5, 0.6) is 0 Å². The van der Waals surface area contributed by atoms with E-state index in [4.69, 9.17) is 11.6 Å². The monoisotopic (exact) mass is 278 g/mol. The molecule has 0 aliphatic rings. The Balaban J connectivity index is 3.34. The van der Waals surface area contributed by atoms with Crippen molar-refractivity contribution in [1.82, 2.24) is 4.72 Å². The van der Waals surface area contributed by atoms with Gasteiger partial charge in [0.2, 0.25) is 10.0 Å². The van der Waals surface area contributed by atoms with Gasteiger partial charge in [-0.3, -0.25) is 10.1 Å². The van der Waals surface area contributed by atoms with Gasteiger partial charge in [0.1, 0.15) is 0 Å². The van der Waals surface area contributed by atoms with E-state index >= 15 is 0 Å². The third-order valence-electron chi connectivity index (χ3n) is 2.04. The largest absolute Gasteiger partial charge is 0.289 e. The molecule has 8 heteroatoms. The normalized spacial score (nSPS) is 11.4. The number of nitro groups is 1. The van der Waals surface area contributed by atoms with Gasteiger partial charge in [-0.15, -0.1) is 11.6 Å². The summed E-state index contributed by atoms with van der Waals surface area (Å²) in [7, 11) is -3.90. The summed E-state index contributed by atoms with van der Waals surface area (Å²) in [6.07, 6.45) is 0. The second-order valence-electron chi connectivity index (χ2n) is 3.27. The van der Waals surface area contributed by atoms with Gasteiger partial charge >= 0.3 is 0 Å². The summed E-state index contributed by atoms with van der Waals surface area (Å²) >= 11 is 5.38. The van der Waals surface area contributed by atoms with Crippen LogP contribution in [0.15, 0.2) is 23.1 Å². The van der Waals surface area contributed by atoms with Crippen LogP contribution in [0.4, 0.5) is 5.69 Å². The fourth-order valence-corrected chi connectivity index (χ4v) is 3.01. The lowest BCUT2D eigenvalue weighted by Gasteiger charge is -2.08. The van der Waals surface area contributed by atoms with Crippen LogP contribution in [0.2, 0.25) is 0 Å². The van der Waals surface area contributed by atoms with E-state index in [9.17, 15) is 18.5 Å². The number of halogens is 1. The summed E-state index contributed by atoms with van der Waals surface area (Å²) in [5.74, 6) is 0.0961. The molecule has 0 saturated heterocycles. The van der Waals surface area contributed by atoms with Crippen molar-refractivity contribution in [3.63, 3.8) is 0 Å². The lowest BCUT2D eigenvalue weighted by atomic mass is 10.2. The molecule has 0 heterocycles. The summed E-state index contributed by atoms with van der Waals surface area (Å²) in [4.78, 5) is 9.75. The van der Waals surface area contributed by atoms with Crippen molar-refractivity contribution >= 4 is 27.3 Å². The van der Waals surface area contributed by atoms with E-state index < -0.39 is 20.6 Å². The number of sulfonamides is 1. The highest BCUT2D eigenvalue weighted by Gasteiger charge is 2.27. The van der Waals surface area contributed by atoms with Crippen molar-refractivity contribution in [2.75, 3.05) is 12.4 Å². The summed E-state index contributed by atoms with van der Waals surface area (Å²) < 4.78 is 25.9. The average molecular weight is 279 g/mol. The maximum atomic E-state index is 11.9. The average Bonchev–Trinajstić information content (AvgIpc) is 2.25. The molecule has 1 aromatic rings. The Morgan fingerprint density at radius 3 is 2.65 bits per heavy atom. The van der Waals surface area contributed by atoms with Gasteiger partial charge in [-0.05, 0) is 12.5 Å². The maximum absolute atomic E-state index is 11.9. The zero-order valence-electron chi connectivity index (χ0n) is 9.01. The molecule has 0 saturated carbocycles. The van der Waals surface area contributed by atoms with E-state index in [1.54, 1.807) is 0 Å². The van der Waals surface area contributed by atoms with Gasteiger partial charge in [0.15, 0.2) is 4.90 Å². The van der Waals surface area contributed by atoms with Crippen LogP contribution in [0, 0.1) is 17.0 Å². The van der Waals surface area contributed by atoms with Crippen molar-refractivity contribution in [2.45, 2.75) is 11.8 Å². The Morgan fingerprint density at radius 1 is 1.47 bits per heavy atom. The topological polar surface area (TPSA) is 89.3 Å². The number of benzene rings is 1. The second-order valence-corrected chi connectivity index (χ2v) is 5.35. The molecule has 94 valence electrons. The second kappa shape index (κ2) is 5.44. The highest BCUT2D eigenvalue weighted by Crippen LogP contribution is 2.26. The number of aryl methyl sites for hydroxylation is 1. The minimum atomic E-state index is -3.90. The molecular weight excluding hydrogens is 268 g/mol. The maximum Gasteiger partial charge on any atom is 0.289 e. The van der Waals surface area contributed by atoms with E-state index in [1.807, 2.05) is 0 Å². The molecule has 0 atom stereocenters. The first-order chi connectivity index (χ1) is 7.90. The molecule has 0 amide bonds. The highest BCUT2D eigenvalue weighted by molar-refractivity contribution is 7.89. The molecule has 17 heavy (non-hydrogen) atoms. The number of hydrogen-bond acceptors (Lipinski definition) is 4. The minimum absolute atomic E-state index is 0.0232. The Morgan fingerprint density at radius 2 is 2.12 bits per heavy atom. The highest BCUT2D eigenvalue weighted by atomic mass is 35.5. The van der Waals surface area contributed by atoms with Crippen LogP contribution in [-0.2, 0) is 10.0 Å². The minimum Gasteiger partial charge on any atom is -0.258 e. The summed E-state index contributed by atoms with van der Waals surface area (Å²) in [6, 6.07) is 4.10. The predicted molar refractivity (Wildman–Crippen MR) is 63.7 cm³/mol. The van der Waals surface area contributed by atoms with E-state index in [-0.39, 0.29) is 17.3 Å². The Bertz CT molecular complexity index is 530. The van der Waals surface area contributed by atoms with E-state index in [0.717, 1.165) is 6.07 Å². The smallest absolute Gasteiger partial charge is 0.258 e. The van der Waals surface area contributed by atoms with Gasteiger partial charge in [-0.2, -0.15) is 0 Å². The SMILES string of the molecule is Cc1cccc([N+](=O)[O-])c1S(=O)(=O)NCCCl. The van der Waals surface area contributed by atoms with E-state index in [2.05, 4.69) is 4.72 Å². The van der Waals surface area contributed by atoms with Gasteiger partial charge in [0.05, 0.1) is 4.92 Å². The summed E-state index contributed by atoms with van der Waals surface area (Å²) in [5, 5.41) is 10.8. The first kappa shape index (κ1) is 13.9. The van der Waals surface area contributed by atoms with Crippen molar-refractivity contribution < 1.29 is 13.3 Å². The quantitative estimate of drug-likeness (QED) is 0.501. The molecular formula is C9H11ClN2O4S. The van der Waals surface area contributed by atoms with E-state index in [1.165, 1.54) is 19.1 Å². The molecule has 0 aliphatic heterocycles. The molecule has 0 radical (unpaired) electrons. The van der Waals surface area contributed by atoms with Crippen LogP contribution in [0.1, 0.15) is 5.56 Å². The van der Waals surface area contributed by atoms with Gasteiger partial charge in [-0.1, -0.05) is 12.1 Å². The molecule has 1 N–H and O–H groups in total. The lowest BCUT2D eigenvalue weighted by molar-refractivity contribution is -0.387. The van der Waals surface area contributed by atoms with E-state index in [0.29, 0.717) is 5.56 Å². The van der Waals surface area contributed by atoms with Crippen molar-refractivity contribution in [3.05, 3.63) is 33.9 Å². The van der Waals surface area contributed by atoms with Crippen LogP contribution >= 0.6 is 11.6 Å². The summed E-state index contributed by atoms with van der Waals surface area (Å²) in [5.41, 5.74) is -0.117. The zero-order valence-corrected chi connectivity index (χ0v) is 10.6. The summed E-state index contributed by atoms with van der Waals surface area (Å²) in [6.45, 7) is 1.53. The number of nitro benzene ring substituents is 1. The molecule has 6 nitrogen and oxygen atoms in total. The number of rotatable bonds is 5. The number of alkyl halides is 1. The Hall–Kier alpha value is -1.18. The molecule has 0 unspecified atom stereocenters. The Kier molecular flexibility index (Phi) is 4.44. The van der Waals surface area contributed by atoms with Crippen LogP contribution in [-0.4, -0.2) is 25.8 Å². The zero-order chi connectivity index (χ0) is 13.1. The number of hydrogen-bond donors (Lipinski definition) is 1. The first-order valence-electron chi connectivity index (χ1n) is 4.70. The van der Waals surface area contributed by atoms with Gasteiger partial charge in [0, 0.05) is 18.5 Å². The predicted octanol–water partition coefficient (Wildman–Crippen LogP) is 1.42.